The van der Waals surface area contributed by atoms with Crippen molar-refractivity contribution in [3.8, 4) is 12.3 Å². The molecule has 4 nitrogen and oxygen atoms in total. The SMILES string of the molecule is C#CCCC(NN)c1cc(C)nnc1CC. The fourth-order valence-electron chi connectivity index (χ4n) is 1.67. The van der Waals surface area contributed by atoms with Gasteiger partial charge in [0.05, 0.1) is 11.4 Å². The summed E-state index contributed by atoms with van der Waals surface area (Å²) in [4.78, 5) is 0. The van der Waals surface area contributed by atoms with Crippen LogP contribution in [0.1, 0.15) is 42.8 Å². The summed E-state index contributed by atoms with van der Waals surface area (Å²) < 4.78 is 0. The Morgan fingerprint density at radius 1 is 1.56 bits per heavy atom. The van der Waals surface area contributed by atoms with Crippen LogP contribution in [0.2, 0.25) is 0 Å². The van der Waals surface area contributed by atoms with Gasteiger partial charge in [-0.05, 0) is 31.4 Å². The molecule has 16 heavy (non-hydrogen) atoms. The van der Waals surface area contributed by atoms with Gasteiger partial charge in [0, 0.05) is 12.5 Å². The largest absolute Gasteiger partial charge is 0.271 e. The van der Waals surface area contributed by atoms with Crippen molar-refractivity contribution in [3.63, 3.8) is 0 Å². The van der Waals surface area contributed by atoms with E-state index in [0.717, 1.165) is 29.8 Å². The molecule has 0 aromatic carbocycles. The van der Waals surface area contributed by atoms with Gasteiger partial charge in [0.25, 0.3) is 0 Å². The van der Waals surface area contributed by atoms with Crippen molar-refractivity contribution in [2.75, 3.05) is 0 Å². The van der Waals surface area contributed by atoms with Crippen LogP contribution in [0.15, 0.2) is 6.07 Å². The van der Waals surface area contributed by atoms with Crippen LogP contribution >= 0.6 is 0 Å². The van der Waals surface area contributed by atoms with Crippen LogP contribution in [-0.4, -0.2) is 10.2 Å². The molecule has 0 aliphatic carbocycles. The van der Waals surface area contributed by atoms with Gasteiger partial charge >= 0.3 is 0 Å². The molecule has 4 heteroatoms. The lowest BCUT2D eigenvalue weighted by atomic mass is 10.00. The van der Waals surface area contributed by atoms with E-state index in [1.807, 2.05) is 13.0 Å². The number of terminal acetylenes is 1. The molecule has 0 aliphatic heterocycles. The summed E-state index contributed by atoms with van der Waals surface area (Å²) >= 11 is 0. The van der Waals surface area contributed by atoms with Gasteiger partial charge in [-0.3, -0.25) is 11.3 Å². The molecule has 1 heterocycles. The lowest BCUT2D eigenvalue weighted by molar-refractivity contribution is 0.515. The van der Waals surface area contributed by atoms with Crippen molar-refractivity contribution in [2.24, 2.45) is 5.84 Å². The lowest BCUT2D eigenvalue weighted by Crippen LogP contribution is -2.29. The zero-order valence-corrected chi connectivity index (χ0v) is 9.83. The predicted octanol–water partition coefficient (Wildman–Crippen LogP) is 1.27. The molecule has 0 bridgehead atoms. The van der Waals surface area contributed by atoms with E-state index in [1.165, 1.54) is 0 Å². The molecule has 1 unspecified atom stereocenters. The van der Waals surface area contributed by atoms with E-state index in [-0.39, 0.29) is 6.04 Å². The highest BCUT2D eigenvalue weighted by Crippen LogP contribution is 2.20. The number of nitrogens with zero attached hydrogens (tertiary/aromatic N) is 2. The van der Waals surface area contributed by atoms with E-state index in [0.29, 0.717) is 6.42 Å². The van der Waals surface area contributed by atoms with Crippen LogP contribution in [0.5, 0.6) is 0 Å². The minimum absolute atomic E-state index is 0.0557. The molecule has 0 radical (unpaired) electrons. The average Bonchev–Trinajstić information content (AvgIpc) is 2.30. The molecule has 3 N–H and O–H groups in total. The van der Waals surface area contributed by atoms with Crippen molar-refractivity contribution in [1.82, 2.24) is 15.6 Å². The minimum Gasteiger partial charge on any atom is -0.271 e. The molecule has 1 aromatic heterocycles. The molecular weight excluding hydrogens is 200 g/mol. The van der Waals surface area contributed by atoms with Crippen LogP contribution in [-0.2, 0) is 6.42 Å². The highest BCUT2D eigenvalue weighted by atomic mass is 15.2. The lowest BCUT2D eigenvalue weighted by Gasteiger charge is -2.17. The Kier molecular flexibility index (Phi) is 4.90. The van der Waals surface area contributed by atoms with Gasteiger partial charge in [-0.25, -0.2) is 0 Å². The van der Waals surface area contributed by atoms with E-state index in [1.54, 1.807) is 0 Å². The summed E-state index contributed by atoms with van der Waals surface area (Å²) in [7, 11) is 0. The first-order chi connectivity index (χ1) is 7.72. The number of nitrogens with two attached hydrogens (primary N) is 1. The summed E-state index contributed by atoms with van der Waals surface area (Å²) in [5, 5.41) is 8.23. The second kappa shape index (κ2) is 6.21. The third-order valence-corrected chi connectivity index (χ3v) is 2.51. The fourth-order valence-corrected chi connectivity index (χ4v) is 1.67. The van der Waals surface area contributed by atoms with Gasteiger partial charge in [0.2, 0.25) is 0 Å². The van der Waals surface area contributed by atoms with Crippen LogP contribution in [0.25, 0.3) is 0 Å². The first kappa shape index (κ1) is 12.6. The van der Waals surface area contributed by atoms with Gasteiger partial charge < -0.3 is 0 Å². The molecule has 0 spiro atoms. The number of aryl methyl sites for hydroxylation is 2. The Balaban J connectivity index is 2.98. The normalized spacial score (nSPS) is 12.1. The third kappa shape index (κ3) is 3.02. The Hall–Kier alpha value is -1.44. The second-order valence-electron chi connectivity index (χ2n) is 3.70. The summed E-state index contributed by atoms with van der Waals surface area (Å²) in [5.74, 6) is 8.18. The van der Waals surface area contributed by atoms with Crippen LogP contribution in [0.4, 0.5) is 0 Å². The third-order valence-electron chi connectivity index (χ3n) is 2.51. The highest BCUT2D eigenvalue weighted by molar-refractivity contribution is 5.24. The maximum atomic E-state index is 5.55. The molecule has 86 valence electrons. The zero-order valence-electron chi connectivity index (χ0n) is 9.83. The summed E-state index contributed by atoms with van der Waals surface area (Å²) in [6.45, 7) is 3.97. The van der Waals surface area contributed by atoms with Crippen LogP contribution < -0.4 is 11.3 Å². The van der Waals surface area contributed by atoms with Gasteiger partial charge in [0.15, 0.2) is 0 Å². The molecule has 1 atom stereocenters. The topological polar surface area (TPSA) is 63.8 Å². The zero-order chi connectivity index (χ0) is 12.0. The Bertz CT molecular complexity index is 381. The number of hydrogen-bond acceptors (Lipinski definition) is 4. The van der Waals surface area contributed by atoms with Crippen molar-refractivity contribution in [3.05, 3.63) is 23.0 Å². The van der Waals surface area contributed by atoms with E-state index >= 15 is 0 Å². The van der Waals surface area contributed by atoms with Crippen LogP contribution in [0, 0.1) is 19.3 Å². The maximum Gasteiger partial charge on any atom is 0.0676 e. The molecule has 0 saturated heterocycles. The Morgan fingerprint density at radius 2 is 2.31 bits per heavy atom. The molecule has 0 fully saturated rings. The number of hydrogen-bond donors (Lipinski definition) is 2. The first-order valence-electron chi connectivity index (χ1n) is 5.45. The summed E-state index contributed by atoms with van der Waals surface area (Å²) in [6.07, 6.45) is 7.61. The molecule has 0 amide bonds. The van der Waals surface area contributed by atoms with Gasteiger partial charge in [0.1, 0.15) is 0 Å². The predicted molar refractivity (Wildman–Crippen MR) is 64.3 cm³/mol. The average molecular weight is 218 g/mol. The van der Waals surface area contributed by atoms with Gasteiger partial charge in [-0.1, -0.05) is 6.92 Å². The quantitative estimate of drug-likeness (QED) is 0.444. The molecule has 1 aromatic rings. The number of nitrogens with one attached hydrogen (secondary N) is 1. The van der Waals surface area contributed by atoms with Crippen molar-refractivity contribution < 1.29 is 0 Å². The van der Waals surface area contributed by atoms with Crippen LogP contribution in [0.3, 0.4) is 0 Å². The smallest absolute Gasteiger partial charge is 0.0676 e. The maximum absolute atomic E-state index is 5.55. The number of rotatable bonds is 5. The van der Waals surface area contributed by atoms with E-state index < -0.39 is 0 Å². The van der Waals surface area contributed by atoms with Crippen molar-refractivity contribution >= 4 is 0 Å². The Labute approximate surface area is 96.6 Å². The molecule has 0 aliphatic rings. The number of hydrazine groups is 1. The number of aromatic nitrogens is 2. The Morgan fingerprint density at radius 3 is 2.88 bits per heavy atom. The second-order valence-corrected chi connectivity index (χ2v) is 3.70. The summed E-state index contributed by atoms with van der Waals surface area (Å²) in [6, 6.07) is 2.08. The van der Waals surface area contributed by atoms with E-state index in [4.69, 9.17) is 12.3 Å². The molecule has 0 saturated carbocycles. The molecular formula is C12H18N4. The monoisotopic (exact) mass is 218 g/mol. The summed E-state index contributed by atoms with van der Waals surface area (Å²) in [5.41, 5.74) is 5.77. The highest BCUT2D eigenvalue weighted by Gasteiger charge is 2.14. The standard InChI is InChI=1S/C12H18N4/c1-4-6-7-12(14-13)10-8-9(3)15-16-11(10)5-2/h1,8,12,14H,5-7,13H2,2-3H3. The van der Waals surface area contributed by atoms with Gasteiger partial charge in [-0.15, -0.1) is 12.3 Å². The first-order valence-corrected chi connectivity index (χ1v) is 5.45. The molecule has 1 rings (SSSR count). The fraction of sp³-hybridized carbons (Fsp3) is 0.500. The van der Waals surface area contributed by atoms with E-state index in [9.17, 15) is 0 Å². The van der Waals surface area contributed by atoms with E-state index in [2.05, 4.69) is 28.5 Å². The van der Waals surface area contributed by atoms with Crippen molar-refractivity contribution in [2.45, 2.75) is 39.2 Å². The minimum atomic E-state index is 0.0557. The van der Waals surface area contributed by atoms with Crippen molar-refractivity contribution in [1.29, 1.82) is 0 Å². The van der Waals surface area contributed by atoms with Gasteiger partial charge in [-0.2, -0.15) is 10.2 Å².